The Bertz CT molecular complexity index is 940. The summed E-state index contributed by atoms with van der Waals surface area (Å²) in [6.45, 7) is 0. The monoisotopic (exact) mass is 354 g/mol. The molecule has 0 spiro atoms. The molecule has 0 saturated heterocycles. The van der Waals surface area contributed by atoms with Gasteiger partial charge >= 0.3 is 5.97 Å². The standard InChI is InChI=1S/C15H9Cl2FN2O3/c1-22-15(21)13-9(17)11(19)10(18)12(20-13)7-2-3-8(16)6-4-5-23-14(6)7/h2-5H,1H3,(H2,19,20). The van der Waals surface area contributed by atoms with Crippen LogP contribution in [0.15, 0.2) is 28.9 Å². The Morgan fingerprint density at radius 1 is 1.35 bits per heavy atom. The fourth-order valence-corrected chi connectivity index (χ4v) is 2.60. The number of furan rings is 1. The van der Waals surface area contributed by atoms with Crippen molar-refractivity contribution in [1.29, 1.82) is 0 Å². The summed E-state index contributed by atoms with van der Waals surface area (Å²) in [5, 5.41) is 0.717. The highest BCUT2D eigenvalue weighted by molar-refractivity contribution is 6.36. The van der Waals surface area contributed by atoms with E-state index in [-0.39, 0.29) is 16.4 Å². The predicted octanol–water partition coefficient (Wildman–Crippen LogP) is 4.31. The largest absolute Gasteiger partial charge is 0.464 e. The normalized spacial score (nSPS) is 11.0. The molecule has 0 saturated carbocycles. The van der Waals surface area contributed by atoms with Gasteiger partial charge in [0.05, 0.1) is 29.1 Å². The van der Waals surface area contributed by atoms with E-state index in [1.165, 1.54) is 12.3 Å². The van der Waals surface area contributed by atoms with Gasteiger partial charge in [-0.1, -0.05) is 23.2 Å². The highest BCUT2D eigenvalue weighted by Gasteiger charge is 2.24. The van der Waals surface area contributed by atoms with E-state index in [0.717, 1.165) is 7.11 Å². The summed E-state index contributed by atoms with van der Waals surface area (Å²) in [7, 11) is 1.16. The Balaban J connectivity index is 2.35. The van der Waals surface area contributed by atoms with Crippen molar-refractivity contribution in [2.24, 2.45) is 0 Å². The van der Waals surface area contributed by atoms with Gasteiger partial charge in [0.1, 0.15) is 11.3 Å². The first-order valence-corrected chi connectivity index (χ1v) is 7.10. The van der Waals surface area contributed by atoms with Crippen molar-refractivity contribution >= 4 is 45.8 Å². The van der Waals surface area contributed by atoms with Crippen LogP contribution in [0.3, 0.4) is 0 Å². The fraction of sp³-hybridized carbons (Fsp3) is 0.0667. The van der Waals surface area contributed by atoms with Crippen LogP contribution in [0.5, 0.6) is 0 Å². The van der Waals surface area contributed by atoms with Crippen molar-refractivity contribution in [3.63, 3.8) is 0 Å². The van der Waals surface area contributed by atoms with Crippen LogP contribution in [0.4, 0.5) is 10.1 Å². The number of fused-ring (bicyclic) bond motifs is 1. The smallest absolute Gasteiger partial charge is 0.358 e. The van der Waals surface area contributed by atoms with Gasteiger partial charge in [0.25, 0.3) is 0 Å². The minimum Gasteiger partial charge on any atom is -0.464 e. The third-order valence-corrected chi connectivity index (χ3v) is 4.02. The van der Waals surface area contributed by atoms with Crippen LogP contribution in [0.25, 0.3) is 22.2 Å². The maximum absolute atomic E-state index is 14.5. The molecule has 0 aliphatic heterocycles. The molecule has 1 aromatic carbocycles. The zero-order valence-electron chi connectivity index (χ0n) is 11.7. The number of benzene rings is 1. The Labute approximate surface area is 139 Å². The van der Waals surface area contributed by atoms with Crippen LogP contribution in [0, 0.1) is 5.82 Å². The number of halogens is 3. The quantitative estimate of drug-likeness (QED) is 0.693. The van der Waals surface area contributed by atoms with Gasteiger partial charge in [-0.2, -0.15) is 0 Å². The van der Waals surface area contributed by atoms with Crippen LogP contribution in [0.2, 0.25) is 10.0 Å². The summed E-state index contributed by atoms with van der Waals surface area (Å²) in [5.41, 5.74) is 5.41. The lowest BCUT2D eigenvalue weighted by atomic mass is 10.1. The second-order valence-electron chi connectivity index (χ2n) is 4.60. The van der Waals surface area contributed by atoms with Crippen LogP contribution >= 0.6 is 23.2 Å². The van der Waals surface area contributed by atoms with E-state index in [0.29, 0.717) is 21.6 Å². The zero-order chi connectivity index (χ0) is 16.7. The summed E-state index contributed by atoms with van der Waals surface area (Å²) in [6, 6.07) is 4.73. The van der Waals surface area contributed by atoms with E-state index < -0.39 is 17.5 Å². The summed E-state index contributed by atoms with van der Waals surface area (Å²) < 4.78 is 24.5. The molecule has 2 heterocycles. The maximum Gasteiger partial charge on any atom is 0.358 e. The molecule has 0 radical (unpaired) electrons. The average molecular weight is 355 g/mol. The summed E-state index contributed by atoms with van der Waals surface area (Å²) in [6.07, 6.45) is 1.42. The van der Waals surface area contributed by atoms with Crippen LogP contribution in [-0.4, -0.2) is 18.1 Å². The number of nitrogens with two attached hydrogens (primary N) is 1. The summed E-state index contributed by atoms with van der Waals surface area (Å²) in [5.74, 6) is -1.68. The molecule has 2 aromatic heterocycles. The average Bonchev–Trinajstić information content (AvgIpc) is 3.04. The van der Waals surface area contributed by atoms with E-state index >= 15 is 0 Å². The lowest BCUT2D eigenvalue weighted by Crippen LogP contribution is -2.10. The highest BCUT2D eigenvalue weighted by Crippen LogP contribution is 2.37. The topological polar surface area (TPSA) is 78.3 Å². The Kier molecular flexibility index (Phi) is 3.87. The molecule has 5 nitrogen and oxygen atoms in total. The number of aromatic nitrogens is 1. The van der Waals surface area contributed by atoms with Gasteiger partial charge in [-0.25, -0.2) is 14.2 Å². The molecule has 0 amide bonds. The van der Waals surface area contributed by atoms with Crippen molar-refractivity contribution in [3.8, 4) is 11.3 Å². The van der Waals surface area contributed by atoms with Crippen LogP contribution in [-0.2, 0) is 4.74 Å². The molecule has 0 aliphatic rings. The second kappa shape index (κ2) is 5.72. The number of nitrogen functional groups attached to an aromatic ring is 1. The van der Waals surface area contributed by atoms with Crippen LogP contribution < -0.4 is 5.73 Å². The van der Waals surface area contributed by atoms with Crippen molar-refractivity contribution < 1.29 is 18.3 Å². The van der Waals surface area contributed by atoms with E-state index in [1.807, 2.05) is 0 Å². The molecule has 3 aromatic rings. The summed E-state index contributed by atoms with van der Waals surface area (Å²) in [4.78, 5) is 15.7. The Morgan fingerprint density at radius 2 is 2.09 bits per heavy atom. The zero-order valence-corrected chi connectivity index (χ0v) is 13.2. The predicted molar refractivity (Wildman–Crippen MR) is 85.2 cm³/mol. The number of rotatable bonds is 2. The molecule has 0 fully saturated rings. The molecule has 8 heteroatoms. The first-order valence-electron chi connectivity index (χ1n) is 6.34. The molecule has 0 atom stereocenters. The van der Waals surface area contributed by atoms with Gasteiger partial charge in [0.2, 0.25) is 0 Å². The van der Waals surface area contributed by atoms with E-state index in [4.69, 9.17) is 33.4 Å². The van der Waals surface area contributed by atoms with E-state index in [1.54, 1.807) is 12.1 Å². The third kappa shape index (κ3) is 2.40. The highest BCUT2D eigenvalue weighted by atomic mass is 35.5. The SMILES string of the molecule is COC(=O)c1nc(-c2ccc(Cl)c3ccoc23)c(F)c(N)c1Cl. The Hall–Kier alpha value is -2.31. The number of carbonyl (C=O) groups excluding carboxylic acids is 1. The number of ether oxygens (including phenoxy) is 1. The molecular formula is C15H9Cl2FN2O3. The number of anilines is 1. The van der Waals surface area contributed by atoms with Gasteiger partial charge in [0.15, 0.2) is 11.5 Å². The van der Waals surface area contributed by atoms with Gasteiger partial charge in [0, 0.05) is 10.9 Å². The minimum atomic E-state index is -0.859. The van der Waals surface area contributed by atoms with Crippen molar-refractivity contribution in [3.05, 3.63) is 46.0 Å². The van der Waals surface area contributed by atoms with Crippen molar-refractivity contribution in [2.45, 2.75) is 0 Å². The number of carbonyl (C=O) groups is 1. The number of nitrogens with zero attached hydrogens (tertiary/aromatic N) is 1. The Morgan fingerprint density at radius 3 is 2.78 bits per heavy atom. The lowest BCUT2D eigenvalue weighted by Gasteiger charge is -2.11. The molecule has 3 rings (SSSR count). The number of hydrogen-bond acceptors (Lipinski definition) is 5. The van der Waals surface area contributed by atoms with Crippen LogP contribution in [0.1, 0.15) is 10.5 Å². The van der Waals surface area contributed by atoms with Gasteiger partial charge in [-0.05, 0) is 18.2 Å². The maximum atomic E-state index is 14.5. The van der Waals surface area contributed by atoms with E-state index in [2.05, 4.69) is 9.72 Å². The summed E-state index contributed by atoms with van der Waals surface area (Å²) >= 11 is 11.9. The molecule has 2 N–H and O–H groups in total. The minimum absolute atomic E-state index is 0.177. The number of pyridine rings is 1. The molecule has 0 unspecified atom stereocenters. The molecule has 0 aliphatic carbocycles. The van der Waals surface area contributed by atoms with Gasteiger partial charge in [-0.3, -0.25) is 0 Å². The second-order valence-corrected chi connectivity index (χ2v) is 5.39. The van der Waals surface area contributed by atoms with Gasteiger partial charge < -0.3 is 14.9 Å². The molecule has 0 bridgehead atoms. The lowest BCUT2D eigenvalue weighted by molar-refractivity contribution is 0.0594. The first kappa shape index (κ1) is 15.6. The van der Waals surface area contributed by atoms with Crippen molar-refractivity contribution in [2.75, 3.05) is 12.8 Å². The number of hydrogen-bond donors (Lipinski definition) is 1. The first-order chi connectivity index (χ1) is 11.0. The molecule has 118 valence electrons. The van der Waals surface area contributed by atoms with Crippen molar-refractivity contribution in [1.82, 2.24) is 4.98 Å². The van der Waals surface area contributed by atoms with Gasteiger partial charge in [-0.15, -0.1) is 0 Å². The molecular weight excluding hydrogens is 346 g/mol. The molecule has 23 heavy (non-hydrogen) atoms. The third-order valence-electron chi connectivity index (χ3n) is 3.31. The number of esters is 1. The fourth-order valence-electron chi connectivity index (χ4n) is 2.19. The number of methoxy groups -OCH3 is 1. The van der Waals surface area contributed by atoms with E-state index in [9.17, 15) is 9.18 Å².